The van der Waals surface area contributed by atoms with E-state index in [4.69, 9.17) is 14.2 Å². The van der Waals surface area contributed by atoms with E-state index in [0.29, 0.717) is 19.1 Å². The highest BCUT2D eigenvalue weighted by molar-refractivity contribution is 5.88. The van der Waals surface area contributed by atoms with Crippen molar-refractivity contribution in [1.29, 1.82) is 0 Å². The van der Waals surface area contributed by atoms with Crippen LogP contribution in [-0.2, 0) is 4.74 Å². The number of carboxylic acids is 1. The van der Waals surface area contributed by atoms with E-state index >= 15 is 0 Å². The maximum absolute atomic E-state index is 11.3. The van der Waals surface area contributed by atoms with Crippen LogP contribution in [0, 0.1) is 11.8 Å². The average Bonchev–Trinajstić information content (AvgIpc) is 2.83. The molecule has 1 aliphatic carbocycles. The number of aromatic nitrogens is 2. The summed E-state index contributed by atoms with van der Waals surface area (Å²) in [5.41, 5.74) is 1.66. The lowest BCUT2D eigenvalue weighted by molar-refractivity contribution is 0.0393. The Morgan fingerprint density at radius 2 is 2.03 bits per heavy atom. The van der Waals surface area contributed by atoms with Gasteiger partial charge in [0.2, 0.25) is 0 Å². The molecule has 8 heteroatoms. The molecular formula is C24H31N3O5. The van der Waals surface area contributed by atoms with E-state index in [9.17, 15) is 9.90 Å². The van der Waals surface area contributed by atoms with E-state index in [0.717, 1.165) is 36.1 Å². The third kappa shape index (κ3) is 5.30. The molecule has 1 saturated heterocycles. The average molecular weight is 442 g/mol. The van der Waals surface area contributed by atoms with Gasteiger partial charge in [0.1, 0.15) is 11.9 Å². The van der Waals surface area contributed by atoms with Gasteiger partial charge >= 0.3 is 5.97 Å². The second kappa shape index (κ2) is 10.2. The molecule has 1 unspecified atom stereocenters. The van der Waals surface area contributed by atoms with Crippen LogP contribution in [0.5, 0.6) is 11.5 Å². The molecule has 0 aromatic carbocycles. The molecule has 8 nitrogen and oxygen atoms in total. The zero-order chi connectivity index (χ0) is 22.5. The Hall–Kier alpha value is -2.87. The van der Waals surface area contributed by atoms with Crippen molar-refractivity contribution in [2.45, 2.75) is 38.7 Å². The Labute approximate surface area is 188 Å². The quantitative estimate of drug-likeness (QED) is 0.690. The normalized spacial score (nSPS) is 23.6. The second-order valence-corrected chi connectivity index (χ2v) is 8.75. The number of ether oxygens (including phenoxy) is 3. The number of rotatable bonds is 7. The van der Waals surface area contributed by atoms with Crippen LogP contribution in [0.2, 0.25) is 0 Å². The van der Waals surface area contributed by atoms with Crippen molar-refractivity contribution in [3.05, 3.63) is 42.0 Å². The minimum atomic E-state index is -1.12. The summed E-state index contributed by atoms with van der Waals surface area (Å²) in [7, 11) is 1.44. The fourth-order valence-electron chi connectivity index (χ4n) is 4.41. The summed E-state index contributed by atoms with van der Waals surface area (Å²) in [4.78, 5) is 21.9. The van der Waals surface area contributed by atoms with E-state index in [1.165, 1.54) is 32.8 Å². The van der Waals surface area contributed by atoms with Crippen LogP contribution in [-0.4, -0.2) is 54.5 Å². The molecular weight excluding hydrogens is 410 g/mol. The zero-order valence-electron chi connectivity index (χ0n) is 18.7. The van der Waals surface area contributed by atoms with E-state index < -0.39 is 5.97 Å². The third-order valence-corrected chi connectivity index (χ3v) is 6.42. The molecule has 32 heavy (non-hydrogen) atoms. The molecule has 1 N–H and O–H groups in total. The Bertz CT molecular complexity index is 930. The first-order valence-electron chi connectivity index (χ1n) is 11.2. The number of methoxy groups -OCH3 is 1. The van der Waals surface area contributed by atoms with Gasteiger partial charge in [0.25, 0.3) is 0 Å². The predicted molar refractivity (Wildman–Crippen MR) is 120 cm³/mol. The highest BCUT2D eigenvalue weighted by Crippen LogP contribution is 2.31. The lowest BCUT2D eigenvalue weighted by Crippen LogP contribution is -2.38. The molecule has 2 aliphatic rings. The summed E-state index contributed by atoms with van der Waals surface area (Å²) in [5, 5.41) is 9.25. The molecule has 0 bridgehead atoms. The molecule has 2 aromatic rings. The smallest absolute Gasteiger partial charge is 0.358 e. The van der Waals surface area contributed by atoms with Crippen molar-refractivity contribution in [3.8, 4) is 11.5 Å². The van der Waals surface area contributed by atoms with Crippen LogP contribution in [0.15, 0.2) is 30.7 Å². The molecule has 2 fully saturated rings. The number of hydrogen-bond donors (Lipinski definition) is 1. The lowest BCUT2D eigenvalue weighted by Gasteiger charge is -2.34. The first-order chi connectivity index (χ1) is 15.5. The van der Waals surface area contributed by atoms with Crippen molar-refractivity contribution in [2.75, 3.05) is 38.3 Å². The van der Waals surface area contributed by atoms with Gasteiger partial charge < -0.3 is 24.2 Å². The standard InChI is InChI=1S/C24H31N3O5/c1-16-3-5-17(6-4-16)15-32-20-10-19(12-25-13-20)27-7-8-31-22(14-27)18-9-21(30-2)23(24(28)29)26-11-18/h9-13,16-17,22H,3-8,14-15H2,1-2H3,(H,28,29)/t16-,17-,22?. The number of hydrogen-bond acceptors (Lipinski definition) is 7. The van der Waals surface area contributed by atoms with Crippen molar-refractivity contribution >= 4 is 11.7 Å². The number of pyridine rings is 2. The van der Waals surface area contributed by atoms with Gasteiger partial charge in [0.15, 0.2) is 11.4 Å². The Kier molecular flexibility index (Phi) is 7.09. The van der Waals surface area contributed by atoms with Crippen molar-refractivity contribution in [3.63, 3.8) is 0 Å². The minimum Gasteiger partial charge on any atom is -0.494 e. The third-order valence-electron chi connectivity index (χ3n) is 6.42. The van der Waals surface area contributed by atoms with Crippen LogP contribution in [0.4, 0.5) is 5.69 Å². The summed E-state index contributed by atoms with van der Waals surface area (Å²) in [5.74, 6) is 1.35. The number of anilines is 1. The minimum absolute atomic E-state index is 0.106. The molecule has 0 radical (unpaired) electrons. The summed E-state index contributed by atoms with van der Waals surface area (Å²) >= 11 is 0. The van der Waals surface area contributed by atoms with Crippen molar-refractivity contribution < 1.29 is 24.1 Å². The number of aromatic carboxylic acids is 1. The highest BCUT2D eigenvalue weighted by Gasteiger charge is 2.25. The fraction of sp³-hybridized carbons (Fsp3) is 0.542. The molecule has 4 rings (SSSR count). The number of morpholine rings is 1. The summed E-state index contributed by atoms with van der Waals surface area (Å²) in [6, 6.07) is 3.72. The van der Waals surface area contributed by atoms with Gasteiger partial charge in [-0.1, -0.05) is 19.8 Å². The number of nitrogens with zero attached hydrogens (tertiary/aromatic N) is 3. The molecule has 1 aliphatic heterocycles. The van der Waals surface area contributed by atoms with Gasteiger partial charge in [0, 0.05) is 30.9 Å². The maximum Gasteiger partial charge on any atom is 0.358 e. The molecule has 1 saturated carbocycles. The Morgan fingerprint density at radius 3 is 2.78 bits per heavy atom. The number of carboxylic acid groups (broad SMARTS) is 1. The molecule has 3 heterocycles. The second-order valence-electron chi connectivity index (χ2n) is 8.75. The lowest BCUT2D eigenvalue weighted by atomic mass is 9.83. The van der Waals surface area contributed by atoms with Gasteiger partial charge in [-0.15, -0.1) is 0 Å². The fourth-order valence-corrected chi connectivity index (χ4v) is 4.41. The van der Waals surface area contributed by atoms with Gasteiger partial charge in [-0.3, -0.25) is 4.98 Å². The summed E-state index contributed by atoms with van der Waals surface area (Å²) < 4.78 is 17.2. The van der Waals surface area contributed by atoms with Crippen LogP contribution in [0.1, 0.15) is 54.8 Å². The van der Waals surface area contributed by atoms with E-state index in [1.54, 1.807) is 18.5 Å². The maximum atomic E-state index is 11.3. The van der Waals surface area contributed by atoms with E-state index in [-0.39, 0.29) is 17.5 Å². The molecule has 172 valence electrons. The predicted octanol–water partition coefficient (Wildman–Crippen LogP) is 3.97. The SMILES string of the molecule is COc1cc(C2CN(c3cncc(OC[C@H]4CC[C@H](C)CC4)c3)CCO2)cnc1C(=O)O. The van der Waals surface area contributed by atoms with Gasteiger partial charge in [-0.25, -0.2) is 9.78 Å². The summed E-state index contributed by atoms with van der Waals surface area (Å²) in [6.45, 7) is 4.94. The molecule has 1 atom stereocenters. The van der Waals surface area contributed by atoms with Gasteiger partial charge in [0.05, 0.1) is 38.4 Å². The molecule has 0 spiro atoms. The Morgan fingerprint density at radius 1 is 1.22 bits per heavy atom. The van der Waals surface area contributed by atoms with E-state index in [2.05, 4.69) is 21.8 Å². The van der Waals surface area contributed by atoms with Crippen molar-refractivity contribution in [2.24, 2.45) is 11.8 Å². The first-order valence-corrected chi connectivity index (χ1v) is 11.2. The molecule has 0 amide bonds. The van der Waals surface area contributed by atoms with Crippen LogP contribution < -0.4 is 14.4 Å². The van der Waals surface area contributed by atoms with Crippen LogP contribution in [0.3, 0.4) is 0 Å². The largest absolute Gasteiger partial charge is 0.494 e. The number of carbonyl (C=O) groups is 1. The van der Waals surface area contributed by atoms with Crippen LogP contribution in [0.25, 0.3) is 0 Å². The monoisotopic (exact) mass is 441 g/mol. The Balaban J connectivity index is 1.41. The zero-order valence-corrected chi connectivity index (χ0v) is 18.7. The van der Waals surface area contributed by atoms with Gasteiger partial charge in [-0.05, 0) is 30.7 Å². The molecule has 2 aromatic heterocycles. The van der Waals surface area contributed by atoms with E-state index in [1.807, 2.05) is 12.3 Å². The van der Waals surface area contributed by atoms with Gasteiger partial charge in [-0.2, -0.15) is 0 Å². The first kappa shape index (κ1) is 22.3. The van der Waals surface area contributed by atoms with Crippen LogP contribution >= 0.6 is 0 Å². The highest BCUT2D eigenvalue weighted by atomic mass is 16.5. The topological polar surface area (TPSA) is 94.0 Å². The van der Waals surface area contributed by atoms with Crippen molar-refractivity contribution in [1.82, 2.24) is 9.97 Å². The summed E-state index contributed by atoms with van der Waals surface area (Å²) in [6.07, 6.45) is 9.94.